The number of methoxy groups -OCH3 is 1. The predicted octanol–water partition coefficient (Wildman–Crippen LogP) is 3.27. The van der Waals surface area contributed by atoms with E-state index < -0.39 is 29.9 Å². The first-order valence-electron chi connectivity index (χ1n) is 10.5. The molecule has 182 valence electrons. The van der Waals surface area contributed by atoms with Gasteiger partial charge in [0.2, 0.25) is 5.91 Å². The number of nitrogens with one attached hydrogen (secondary N) is 2. The summed E-state index contributed by atoms with van der Waals surface area (Å²) in [7, 11) is 1.18. The Hall–Kier alpha value is -3.70. The Balaban J connectivity index is 1.48. The molecule has 0 saturated carbocycles. The van der Waals surface area contributed by atoms with Crippen molar-refractivity contribution in [2.24, 2.45) is 0 Å². The van der Waals surface area contributed by atoms with E-state index in [9.17, 15) is 23.6 Å². The third-order valence-corrected chi connectivity index (χ3v) is 6.69. The molecule has 1 aromatic carbocycles. The van der Waals surface area contributed by atoms with E-state index in [4.69, 9.17) is 16.3 Å². The summed E-state index contributed by atoms with van der Waals surface area (Å²) in [5.41, 5.74) is -0.158. The van der Waals surface area contributed by atoms with Gasteiger partial charge in [-0.1, -0.05) is 17.7 Å². The van der Waals surface area contributed by atoms with E-state index in [2.05, 4.69) is 10.6 Å². The van der Waals surface area contributed by atoms with Crippen molar-refractivity contribution in [3.05, 3.63) is 80.1 Å². The second-order valence-electron chi connectivity index (χ2n) is 7.71. The van der Waals surface area contributed by atoms with Crippen LogP contribution in [-0.2, 0) is 9.53 Å². The van der Waals surface area contributed by atoms with E-state index in [-0.39, 0.29) is 30.1 Å². The number of nitrogens with zero attached hydrogens (tertiary/aromatic N) is 2. The molecule has 3 aromatic rings. The Morgan fingerprint density at radius 2 is 1.97 bits per heavy atom. The number of hydrogen-bond acceptors (Lipinski definition) is 6. The first kappa shape index (κ1) is 24.4. The average Bonchev–Trinajstić information content (AvgIpc) is 3.46. The summed E-state index contributed by atoms with van der Waals surface area (Å²) in [5, 5.41) is 5.27. The number of carbonyl (C=O) groups is 3. The topological polar surface area (TPSA) is 110 Å². The lowest BCUT2D eigenvalue weighted by molar-refractivity contribution is -0.120. The maximum Gasteiger partial charge on any atom is 0.410 e. The maximum absolute atomic E-state index is 14.8. The fourth-order valence-corrected chi connectivity index (χ4v) is 4.76. The van der Waals surface area contributed by atoms with Gasteiger partial charge in [-0.15, -0.1) is 11.3 Å². The Morgan fingerprint density at radius 3 is 2.63 bits per heavy atom. The standard InChI is InChI=1S/C23H20ClFN4O5S/c1-34-23(33)29-12-13(26-22(32)18-7-8-19(24)35-18)10-17(29)21(31)27-16-6-5-14(11-15(16)25)28-9-3-2-4-20(28)30/h2-9,11,13,17H,10,12H2,1H3,(H,26,32)(H,27,31)/t13-,17-/m0/s1. The molecule has 0 radical (unpaired) electrons. The number of amides is 3. The molecule has 1 aliphatic rings. The minimum absolute atomic E-state index is 0.0357. The summed E-state index contributed by atoms with van der Waals surface area (Å²) in [6.07, 6.45) is 0.853. The van der Waals surface area contributed by atoms with Crippen molar-refractivity contribution in [1.82, 2.24) is 14.8 Å². The van der Waals surface area contributed by atoms with Gasteiger partial charge in [0.25, 0.3) is 11.5 Å². The van der Waals surface area contributed by atoms with Crippen molar-refractivity contribution in [1.29, 1.82) is 0 Å². The Kier molecular flexibility index (Phi) is 7.17. The number of aromatic nitrogens is 1. The first-order chi connectivity index (χ1) is 16.8. The van der Waals surface area contributed by atoms with E-state index in [1.54, 1.807) is 24.3 Å². The largest absolute Gasteiger partial charge is 0.453 e. The van der Waals surface area contributed by atoms with Gasteiger partial charge in [0.1, 0.15) is 11.9 Å². The molecule has 0 spiro atoms. The van der Waals surface area contributed by atoms with E-state index in [0.29, 0.717) is 14.9 Å². The molecule has 0 bridgehead atoms. The van der Waals surface area contributed by atoms with Crippen LogP contribution in [0.1, 0.15) is 16.1 Å². The minimum atomic E-state index is -1.00. The number of ether oxygens (including phenoxy) is 1. The minimum Gasteiger partial charge on any atom is -0.453 e. The molecule has 4 rings (SSSR count). The maximum atomic E-state index is 14.8. The number of hydrogen-bond donors (Lipinski definition) is 2. The van der Waals surface area contributed by atoms with E-state index in [1.807, 2.05) is 0 Å². The molecule has 1 aliphatic heterocycles. The molecule has 35 heavy (non-hydrogen) atoms. The van der Waals surface area contributed by atoms with Crippen LogP contribution in [0.2, 0.25) is 4.34 Å². The summed E-state index contributed by atoms with van der Waals surface area (Å²) >= 11 is 6.99. The molecular formula is C23H20ClFN4O5S. The van der Waals surface area contributed by atoms with Crippen LogP contribution in [0.25, 0.3) is 5.69 Å². The summed E-state index contributed by atoms with van der Waals surface area (Å²) in [5.74, 6) is -1.78. The van der Waals surface area contributed by atoms with Gasteiger partial charge in [0.05, 0.1) is 27.7 Å². The molecule has 2 aromatic heterocycles. The molecule has 3 amide bonds. The van der Waals surface area contributed by atoms with Gasteiger partial charge in [0, 0.05) is 30.9 Å². The van der Waals surface area contributed by atoms with Gasteiger partial charge in [-0.25, -0.2) is 9.18 Å². The molecule has 2 atom stereocenters. The van der Waals surface area contributed by atoms with Crippen molar-refractivity contribution >= 4 is 46.5 Å². The van der Waals surface area contributed by atoms with Crippen LogP contribution < -0.4 is 16.2 Å². The number of thiophene rings is 1. The van der Waals surface area contributed by atoms with Gasteiger partial charge >= 0.3 is 6.09 Å². The predicted molar refractivity (Wildman–Crippen MR) is 129 cm³/mol. The number of anilines is 1. The van der Waals surface area contributed by atoms with Gasteiger partial charge in [-0.2, -0.15) is 0 Å². The highest BCUT2D eigenvalue weighted by Crippen LogP contribution is 2.25. The fourth-order valence-electron chi connectivity index (χ4n) is 3.81. The van der Waals surface area contributed by atoms with Crippen molar-refractivity contribution in [3.8, 4) is 5.69 Å². The Morgan fingerprint density at radius 1 is 1.17 bits per heavy atom. The number of likely N-dealkylation sites (tertiary alicyclic amines) is 1. The molecule has 0 aliphatic carbocycles. The van der Waals surface area contributed by atoms with Crippen molar-refractivity contribution in [2.45, 2.75) is 18.5 Å². The smallest absolute Gasteiger partial charge is 0.410 e. The van der Waals surface area contributed by atoms with Gasteiger partial charge in [-0.3, -0.25) is 23.9 Å². The third kappa shape index (κ3) is 5.36. The highest BCUT2D eigenvalue weighted by atomic mass is 35.5. The van der Waals surface area contributed by atoms with Crippen molar-refractivity contribution < 1.29 is 23.5 Å². The van der Waals surface area contributed by atoms with Crippen LogP contribution in [0.15, 0.2) is 59.5 Å². The summed E-state index contributed by atoms with van der Waals surface area (Å²) in [4.78, 5) is 51.3. The SMILES string of the molecule is COC(=O)N1C[C@@H](NC(=O)c2ccc(Cl)s2)C[C@H]1C(=O)Nc1ccc(-n2ccccc2=O)cc1F. The van der Waals surface area contributed by atoms with E-state index in [0.717, 1.165) is 17.4 Å². The lowest BCUT2D eigenvalue weighted by atomic mass is 10.1. The Labute approximate surface area is 208 Å². The average molecular weight is 519 g/mol. The van der Waals surface area contributed by atoms with Crippen molar-refractivity contribution in [3.63, 3.8) is 0 Å². The van der Waals surface area contributed by atoms with Gasteiger partial charge < -0.3 is 15.4 Å². The van der Waals surface area contributed by atoms with Gasteiger partial charge in [0.15, 0.2) is 0 Å². The lowest BCUT2D eigenvalue weighted by Gasteiger charge is -2.22. The van der Waals surface area contributed by atoms with Crippen LogP contribution in [0.4, 0.5) is 14.9 Å². The van der Waals surface area contributed by atoms with Gasteiger partial charge in [-0.05, 0) is 36.8 Å². The Bertz CT molecular complexity index is 1340. The quantitative estimate of drug-likeness (QED) is 0.539. The molecule has 1 saturated heterocycles. The second kappa shape index (κ2) is 10.3. The molecule has 3 heterocycles. The van der Waals surface area contributed by atoms with Crippen LogP contribution in [0.5, 0.6) is 0 Å². The molecule has 0 unspecified atom stereocenters. The zero-order valence-corrected chi connectivity index (χ0v) is 19.9. The monoisotopic (exact) mass is 518 g/mol. The highest BCUT2D eigenvalue weighted by Gasteiger charge is 2.41. The normalized spacial score (nSPS) is 17.2. The molecule has 1 fully saturated rings. The number of rotatable bonds is 5. The molecule has 2 N–H and O–H groups in total. The number of benzene rings is 1. The number of pyridine rings is 1. The first-order valence-corrected chi connectivity index (χ1v) is 11.7. The zero-order chi connectivity index (χ0) is 25.1. The van der Waals surface area contributed by atoms with Crippen LogP contribution >= 0.6 is 22.9 Å². The summed E-state index contributed by atoms with van der Waals surface area (Å²) in [6, 6.07) is 10.1. The zero-order valence-electron chi connectivity index (χ0n) is 18.4. The third-order valence-electron chi connectivity index (χ3n) is 5.46. The van der Waals surface area contributed by atoms with E-state index in [1.165, 1.54) is 41.0 Å². The lowest BCUT2D eigenvalue weighted by Crippen LogP contribution is -2.43. The number of carbonyl (C=O) groups excluding carboxylic acids is 3. The van der Waals surface area contributed by atoms with Crippen LogP contribution in [0, 0.1) is 5.82 Å². The molecule has 12 heteroatoms. The fraction of sp³-hybridized carbons (Fsp3) is 0.217. The highest BCUT2D eigenvalue weighted by molar-refractivity contribution is 7.18. The van der Waals surface area contributed by atoms with Crippen LogP contribution in [0.3, 0.4) is 0 Å². The number of halogens is 2. The molecular weight excluding hydrogens is 499 g/mol. The summed E-state index contributed by atoms with van der Waals surface area (Å²) in [6.45, 7) is 0.0357. The van der Waals surface area contributed by atoms with Crippen molar-refractivity contribution in [2.75, 3.05) is 19.0 Å². The van der Waals surface area contributed by atoms with Crippen LogP contribution in [-0.4, -0.2) is 53.1 Å². The molecule has 9 nitrogen and oxygen atoms in total. The van der Waals surface area contributed by atoms with E-state index >= 15 is 0 Å². The summed E-state index contributed by atoms with van der Waals surface area (Å²) < 4.78 is 21.3. The second-order valence-corrected chi connectivity index (χ2v) is 9.43.